The maximum absolute atomic E-state index is 12.0. The third-order valence-electron chi connectivity index (χ3n) is 3.33. The molecule has 1 aromatic carbocycles. The quantitative estimate of drug-likeness (QED) is 0.730. The molecule has 2 aromatic rings. The highest BCUT2D eigenvalue weighted by atomic mass is 16.2. The van der Waals surface area contributed by atoms with Crippen molar-refractivity contribution in [3.05, 3.63) is 40.4 Å². The van der Waals surface area contributed by atoms with Crippen molar-refractivity contribution < 1.29 is 9.59 Å². The van der Waals surface area contributed by atoms with Crippen LogP contribution in [0.3, 0.4) is 0 Å². The highest BCUT2D eigenvalue weighted by Gasteiger charge is 2.13. The maximum Gasteiger partial charge on any atom is 0.321 e. The molecular weight excluding hydrogens is 298 g/mol. The van der Waals surface area contributed by atoms with Gasteiger partial charge in [0.25, 0.3) is 5.56 Å². The number of nitrogens with one attached hydrogen (secondary N) is 3. The first-order valence-electron chi connectivity index (χ1n) is 7.25. The molecule has 0 fully saturated rings. The van der Waals surface area contributed by atoms with Gasteiger partial charge in [0.05, 0.1) is 24.0 Å². The summed E-state index contributed by atoms with van der Waals surface area (Å²) in [4.78, 5) is 43.8. The van der Waals surface area contributed by atoms with E-state index < -0.39 is 11.9 Å². The zero-order chi connectivity index (χ0) is 16.8. The van der Waals surface area contributed by atoms with E-state index in [1.54, 1.807) is 23.1 Å². The SMILES string of the molecule is CCN(CC(=O)NC(=O)NC)Cc1nc2ccccc2c(=O)[nH]1. The molecule has 3 amide bonds. The van der Waals surface area contributed by atoms with Gasteiger partial charge in [0.2, 0.25) is 5.91 Å². The number of aromatic nitrogens is 2. The van der Waals surface area contributed by atoms with E-state index in [0.717, 1.165) is 0 Å². The lowest BCUT2D eigenvalue weighted by molar-refractivity contribution is -0.121. The van der Waals surface area contributed by atoms with E-state index in [0.29, 0.717) is 29.8 Å². The second-order valence-electron chi connectivity index (χ2n) is 4.96. The fourth-order valence-electron chi connectivity index (χ4n) is 2.13. The number of carbonyl (C=O) groups is 2. The van der Waals surface area contributed by atoms with Crippen LogP contribution in [-0.4, -0.2) is 46.9 Å². The summed E-state index contributed by atoms with van der Waals surface area (Å²) in [5.41, 5.74) is 0.397. The lowest BCUT2D eigenvalue weighted by Crippen LogP contribution is -2.43. The Kier molecular flexibility index (Phi) is 5.42. The fourth-order valence-corrected chi connectivity index (χ4v) is 2.13. The van der Waals surface area contributed by atoms with E-state index >= 15 is 0 Å². The molecule has 0 aliphatic heterocycles. The molecule has 3 N–H and O–H groups in total. The topological polar surface area (TPSA) is 107 Å². The van der Waals surface area contributed by atoms with E-state index in [9.17, 15) is 14.4 Å². The lowest BCUT2D eigenvalue weighted by atomic mass is 10.2. The number of aromatic amines is 1. The number of likely N-dealkylation sites (N-methyl/N-ethyl adjacent to an activating group) is 1. The highest BCUT2D eigenvalue weighted by molar-refractivity contribution is 5.95. The Morgan fingerprint density at radius 1 is 1.30 bits per heavy atom. The number of rotatable bonds is 5. The average molecular weight is 317 g/mol. The first-order chi connectivity index (χ1) is 11.0. The summed E-state index contributed by atoms with van der Waals surface area (Å²) >= 11 is 0. The van der Waals surface area contributed by atoms with Crippen molar-refractivity contribution >= 4 is 22.8 Å². The van der Waals surface area contributed by atoms with Gasteiger partial charge >= 0.3 is 6.03 Å². The molecule has 0 radical (unpaired) electrons. The molecule has 0 saturated heterocycles. The average Bonchev–Trinajstić information content (AvgIpc) is 2.54. The van der Waals surface area contributed by atoms with Crippen molar-refractivity contribution in [1.29, 1.82) is 0 Å². The number of hydrogen-bond donors (Lipinski definition) is 3. The molecule has 0 spiro atoms. The Balaban J connectivity index is 2.11. The number of imide groups is 1. The number of H-pyrrole nitrogens is 1. The van der Waals surface area contributed by atoms with Gasteiger partial charge in [-0.1, -0.05) is 19.1 Å². The Bertz CT molecular complexity index is 771. The normalized spacial score (nSPS) is 10.7. The van der Waals surface area contributed by atoms with Crippen LogP contribution in [0.4, 0.5) is 4.79 Å². The molecule has 1 heterocycles. The summed E-state index contributed by atoms with van der Waals surface area (Å²) in [5.74, 6) is 0.0534. The van der Waals surface area contributed by atoms with Crippen LogP contribution >= 0.6 is 0 Å². The minimum atomic E-state index is -0.553. The van der Waals surface area contributed by atoms with Gasteiger partial charge in [0.1, 0.15) is 5.82 Å². The van der Waals surface area contributed by atoms with Gasteiger partial charge in [0.15, 0.2) is 0 Å². The Labute approximate surface area is 132 Å². The predicted molar refractivity (Wildman–Crippen MR) is 85.9 cm³/mol. The Morgan fingerprint density at radius 3 is 2.74 bits per heavy atom. The Hall–Kier alpha value is -2.74. The summed E-state index contributed by atoms with van der Waals surface area (Å²) in [7, 11) is 1.43. The van der Waals surface area contributed by atoms with Crippen LogP contribution in [0.25, 0.3) is 10.9 Å². The van der Waals surface area contributed by atoms with E-state index in [1.807, 2.05) is 13.0 Å². The predicted octanol–water partition coefficient (Wildman–Crippen LogP) is 0.201. The van der Waals surface area contributed by atoms with E-state index in [2.05, 4.69) is 20.6 Å². The van der Waals surface area contributed by atoms with Gasteiger partial charge in [-0.05, 0) is 18.7 Å². The number of fused-ring (bicyclic) bond motifs is 1. The minimum Gasteiger partial charge on any atom is -0.341 e. The molecular formula is C15H19N5O3. The second-order valence-corrected chi connectivity index (χ2v) is 4.96. The molecule has 0 atom stereocenters. The molecule has 0 unspecified atom stereocenters. The summed E-state index contributed by atoms with van der Waals surface area (Å²) in [6.07, 6.45) is 0. The summed E-state index contributed by atoms with van der Waals surface area (Å²) in [5, 5.41) is 5.04. The van der Waals surface area contributed by atoms with Crippen LogP contribution in [0.2, 0.25) is 0 Å². The van der Waals surface area contributed by atoms with E-state index in [-0.39, 0.29) is 12.1 Å². The number of nitrogens with zero attached hydrogens (tertiary/aromatic N) is 2. The molecule has 2 rings (SSSR count). The molecule has 8 nitrogen and oxygen atoms in total. The van der Waals surface area contributed by atoms with Gasteiger partial charge in [-0.25, -0.2) is 9.78 Å². The standard InChI is InChI=1S/C15H19N5O3/c1-3-20(9-13(21)19-15(23)16-2)8-12-17-11-7-5-4-6-10(11)14(22)18-12/h4-7H,3,8-9H2,1-2H3,(H,17,18,22)(H2,16,19,21,23). The Morgan fingerprint density at radius 2 is 2.04 bits per heavy atom. The van der Waals surface area contributed by atoms with E-state index in [1.165, 1.54) is 7.05 Å². The van der Waals surface area contributed by atoms with Gasteiger partial charge in [-0.2, -0.15) is 0 Å². The third kappa shape index (κ3) is 4.36. The minimum absolute atomic E-state index is 0.0282. The van der Waals surface area contributed by atoms with Crippen molar-refractivity contribution in [1.82, 2.24) is 25.5 Å². The molecule has 23 heavy (non-hydrogen) atoms. The van der Waals surface area contributed by atoms with Crippen LogP contribution in [0.1, 0.15) is 12.7 Å². The maximum atomic E-state index is 12.0. The number of amides is 3. The van der Waals surface area contributed by atoms with Gasteiger partial charge < -0.3 is 10.3 Å². The molecule has 0 aliphatic carbocycles. The van der Waals surface area contributed by atoms with Crippen LogP contribution in [0.15, 0.2) is 29.1 Å². The lowest BCUT2D eigenvalue weighted by Gasteiger charge is -2.19. The first kappa shape index (κ1) is 16.6. The van der Waals surface area contributed by atoms with Crippen molar-refractivity contribution in [3.63, 3.8) is 0 Å². The van der Waals surface area contributed by atoms with Gasteiger partial charge in [-0.15, -0.1) is 0 Å². The summed E-state index contributed by atoms with van der Waals surface area (Å²) in [6.45, 7) is 2.78. The number of carbonyl (C=O) groups excluding carboxylic acids is 2. The number of hydrogen-bond acceptors (Lipinski definition) is 5. The largest absolute Gasteiger partial charge is 0.341 e. The van der Waals surface area contributed by atoms with Crippen LogP contribution < -0.4 is 16.2 Å². The summed E-state index contributed by atoms with van der Waals surface area (Å²) in [6, 6.07) is 6.51. The van der Waals surface area contributed by atoms with Gasteiger partial charge in [0, 0.05) is 7.05 Å². The molecule has 0 bridgehead atoms. The number of para-hydroxylation sites is 1. The van der Waals surface area contributed by atoms with Crippen molar-refractivity contribution in [2.45, 2.75) is 13.5 Å². The van der Waals surface area contributed by atoms with Gasteiger partial charge in [-0.3, -0.25) is 19.8 Å². The van der Waals surface area contributed by atoms with Crippen molar-refractivity contribution in [3.8, 4) is 0 Å². The van der Waals surface area contributed by atoms with Crippen LogP contribution in [0, 0.1) is 0 Å². The molecule has 0 saturated carbocycles. The first-order valence-corrected chi connectivity index (χ1v) is 7.25. The molecule has 0 aliphatic rings. The number of urea groups is 1. The summed E-state index contributed by atoms with van der Waals surface area (Å²) < 4.78 is 0. The van der Waals surface area contributed by atoms with Crippen LogP contribution in [0.5, 0.6) is 0 Å². The van der Waals surface area contributed by atoms with Crippen molar-refractivity contribution in [2.24, 2.45) is 0 Å². The third-order valence-corrected chi connectivity index (χ3v) is 3.33. The molecule has 1 aromatic heterocycles. The highest BCUT2D eigenvalue weighted by Crippen LogP contribution is 2.07. The number of benzene rings is 1. The second kappa shape index (κ2) is 7.50. The molecule has 8 heteroatoms. The molecule has 122 valence electrons. The zero-order valence-electron chi connectivity index (χ0n) is 13.0. The smallest absolute Gasteiger partial charge is 0.321 e. The zero-order valence-corrected chi connectivity index (χ0v) is 13.0. The van der Waals surface area contributed by atoms with E-state index in [4.69, 9.17) is 0 Å². The van der Waals surface area contributed by atoms with Crippen LogP contribution in [-0.2, 0) is 11.3 Å². The van der Waals surface area contributed by atoms with Crippen molar-refractivity contribution in [2.75, 3.05) is 20.1 Å². The fraction of sp³-hybridized carbons (Fsp3) is 0.333. The monoisotopic (exact) mass is 317 g/mol.